The zero-order chi connectivity index (χ0) is 11.3. The van der Waals surface area contributed by atoms with Crippen molar-refractivity contribution in [2.24, 2.45) is 5.73 Å². The highest BCUT2D eigenvalue weighted by Gasteiger charge is 2.33. The lowest BCUT2D eigenvalue weighted by Crippen LogP contribution is -2.43. The predicted octanol–water partition coefficient (Wildman–Crippen LogP) is 2.06. The second kappa shape index (κ2) is 5.29. The highest BCUT2D eigenvalue weighted by Crippen LogP contribution is 2.34. The first kappa shape index (κ1) is 12.2. The first-order valence-electron chi connectivity index (χ1n) is 5.59. The van der Waals surface area contributed by atoms with Gasteiger partial charge < -0.3 is 10.8 Å². The molecule has 0 radical (unpaired) electrons. The molecule has 15 heavy (non-hydrogen) atoms. The van der Waals surface area contributed by atoms with E-state index in [1.54, 1.807) is 0 Å². The smallest absolute Gasteiger partial charge is 0.0440 e. The molecule has 2 atom stereocenters. The summed E-state index contributed by atoms with van der Waals surface area (Å²) in [6.45, 7) is 4.34. The normalized spacial score (nSPS) is 17.1. The number of rotatable bonds is 5. The molecule has 0 amide bonds. The van der Waals surface area contributed by atoms with Gasteiger partial charge >= 0.3 is 0 Å². The monoisotopic (exact) mass is 207 g/mol. The molecule has 0 aromatic heterocycles. The second-order valence-electron chi connectivity index (χ2n) is 4.14. The first-order valence-corrected chi connectivity index (χ1v) is 5.59. The second-order valence-corrected chi connectivity index (χ2v) is 4.14. The summed E-state index contributed by atoms with van der Waals surface area (Å²) in [6.07, 6.45) is 1.68. The van der Waals surface area contributed by atoms with Crippen molar-refractivity contribution in [1.82, 2.24) is 0 Å². The van der Waals surface area contributed by atoms with E-state index in [-0.39, 0.29) is 18.1 Å². The highest BCUT2D eigenvalue weighted by atomic mass is 16.3. The first-order chi connectivity index (χ1) is 7.17. The summed E-state index contributed by atoms with van der Waals surface area (Å²) in [5, 5.41) is 9.19. The number of hydrogen-bond acceptors (Lipinski definition) is 2. The third-order valence-corrected chi connectivity index (χ3v) is 3.41. The molecular formula is C13H21NO. The van der Waals surface area contributed by atoms with E-state index in [1.807, 2.05) is 25.1 Å². The fraction of sp³-hybridized carbons (Fsp3) is 0.538. The van der Waals surface area contributed by atoms with Crippen LogP contribution in [0.15, 0.2) is 30.3 Å². The summed E-state index contributed by atoms with van der Waals surface area (Å²) in [5.41, 5.74) is 7.23. The number of aliphatic hydroxyl groups excluding tert-OH is 1. The van der Waals surface area contributed by atoms with Crippen LogP contribution in [0.5, 0.6) is 0 Å². The highest BCUT2D eigenvalue weighted by molar-refractivity contribution is 5.27. The van der Waals surface area contributed by atoms with Crippen molar-refractivity contribution >= 4 is 0 Å². The van der Waals surface area contributed by atoms with Crippen LogP contribution >= 0.6 is 0 Å². The lowest BCUT2D eigenvalue weighted by molar-refractivity contribution is 0.213. The molecule has 84 valence electrons. The maximum Gasteiger partial charge on any atom is 0.0440 e. The van der Waals surface area contributed by atoms with Gasteiger partial charge in [-0.1, -0.05) is 37.3 Å². The molecular weight excluding hydrogens is 186 g/mol. The Morgan fingerprint density at radius 3 is 2.33 bits per heavy atom. The van der Waals surface area contributed by atoms with Crippen LogP contribution in [-0.2, 0) is 5.41 Å². The van der Waals surface area contributed by atoms with Gasteiger partial charge in [0.2, 0.25) is 0 Å². The summed E-state index contributed by atoms with van der Waals surface area (Å²) >= 11 is 0. The topological polar surface area (TPSA) is 46.2 Å². The molecule has 1 aromatic rings. The van der Waals surface area contributed by atoms with Gasteiger partial charge in [-0.2, -0.15) is 0 Å². The minimum atomic E-state index is -0.0873. The summed E-state index contributed by atoms with van der Waals surface area (Å²) in [5.74, 6) is 0. The maximum absolute atomic E-state index is 9.19. The van der Waals surface area contributed by atoms with E-state index in [2.05, 4.69) is 19.1 Å². The average Bonchev–Trinajstić information content (AvgIpc) is 2.26. The predicted molar refractivity (Wildman–Crippen MR) is 63.8 cm³/mol. The average molecular weight is 207 g/mol. The van der Waals surface area contributed by atoms with E-state index in [9.17, 15) is 5.11 Å². The Bertz CT molecular complexity index is 284. The summed E-state index contributed by atoms with van der Waals surface area (Å²) in [6, 6.07) is 10.3. The molecule has 0 heterocycles. The van der Waals surface area contributed by atoms with Crippen LogP contribution in [-0.4, -0.2) is 17.8 Å². The largest absolute Gasteiger partial charge is 0.396 e. The van der Waals surface area contributed by atoms with Crippen LogP contribution in [0.2, 0.25) is 0 Å². The Kier molecular flexibility index (Phi) is 4.30. The third-order valence-electron chi connectivity index (χ3n) is 3.41. The van der Waals surface area contributed by atoms with Crippen LogP contribution in [0.3, 0.4) is 0 Å². The molecule has 0 bridgehead atoms. The van der Waals surface area contributed by atoms with Gasteiger partial charge in [-0.3, -0.25) is 0 Å². The van der Waals surface area contributed by atoms with E-state index in [4.69, 9.17) is 5.73 Å². The summed E-state index contributed by atoms with van der Waals surface area (Å²) in [7, 11) is 0. The van der Waals surface area contributed by atoms with Crippen LogP contribution < -0.4 is 5.73 Å². The third kappa shape index (κ3) is 2.39. The van der Waals surface area contributed by atoms with E-state index in [0.717, 1.165) is 12.8 Å². The van der Waals surface area contributed by atoms with Crippen LogP contribution in [0.4, 0.5) is 0 Å². The molecule has 3 N–H and O–H groups in total. The summed E-state index contributed by atoms with van der Waals surface area (Å²) in [4.78, 5) is 0. The van der Waals surface area contributed by atoms with Gasteiger partial charge in [0.15, 0.2) is 0 Å². The molecule has 0 saturated heterocycles. The maximum atomic E-state index is 9.19. The fourth-order valence-corrected chi connectivity index (χ4v) is 2.31. The Morgan fingerprint density at radius 1 is 1.33 bits per heavy atom. The van der Waals surface area contributed by atoms with E-state index in [0.29, 0.717) is 0 Å². The van der Waals surface area contributed by atoms with Crippen LogP contribution in [0.25, 0.3) is 0 Å². The minimum absolute atomic E-state index is 0.0528. The van der Waals surface area contributed by atoms with Gasteiger partial charge in [0.25, 0.3) is 0 Å². The lowest BCUT2D eigenvalue weighted by atomic mass is 9.71. The Morgan fingerprint density at radius 2 is 1.93 bits per heavy atom. The number of hydrogen-bond donors (Lipinski definition) is 2. The molecule has 1 rings (SSSR count). The molecule has 2 unspecified atom stereocenters. The SMILES string of the molecule is CCC(CCO)(c1ccccc1)C(C)N. The number of benzene rings is 1. The molecule has 0 aliphatic rings. The molecule has 0 aliphatic heterocycles. The van der Waals surface area contributed by atoms with Crippen molar-refractivity contribution in [3.05, 3.63) is 35.9 Å². The molecule has 0 aliphatic carbocycles. The van der Waals surface area contributed by atoms with Crippen molar-refractivity contribution in [2.75, 3.05) is 6.61 Å². The van der Waals surface area contributed by atoms with Crippen LogP contribution in [0.1, 0.15) is 32.3 Å². The lowest BCUT2D eigenvalue weighted by Gasteiger charge is -2.36. The Labute approximate surface area is 92.1 Å². The zero-order valence-electron chi connectivity index (χ0n) is 9.61. The molecule has 0 spiro atoms. The number of nitrogens with two attached hydrogens (primary N) is 1. The van der Waals surface area contributed by atoms with Gasteiger partial charge in [-0.05, 0) is 25.3 Å². The van der Waals surface area contributed by atoms with E-state index < -0.39 is 0 Å². The van der Waals surface area contributed by atoms with Gasteiger partial charge in [0.05, 0.1) is 0 Å². The van der Waals surface area contributed by atoms with Crippen molar-refractivity contribution in [3.63, 3.8) is 0 Å². The molecule has 1 aromatic carbocycles. The number of aliphatic hydroxyl groups is 1. The summed E-state index contributed by atoms with van der Waals surface area (Å²) < 4.78 is 0. The van der Waals surface area contributed by atoms with Gasteiger partial charge in [0.1, 0.15) is 0 Å². The Hall–Kier alpha value is -0.860. The van der Waals surface area contributed by atoms with Gasteiger partial charge in [0, 0.05) is 18.1 Å². The van der Waals surface area contributed by atoms with Gasteiger partial charge in [-0.25, -0.2) is 0 Å². The molecule has 2 heteroatoms. The Balaban J connectivity index is 3.09. The standard InChI is InChI=1S/C13H21NO/c1-3-13(9-10-15,11(2)14)12-7-5-4-6-8-12/h4-8,11,15H,3,9-10,14H2,1-2H3. The zero-order valence-corrected chi connectivity index (χ0v) is 9.61. The van der Waals surface area contributed by atoms with Crippen molar-refractivity contribution in [1.29, 1.82) is 0 Å². The van der Waals surface area contributed by atoms with E-state index >= 15 is 0 Å². The molecule has 2 nitrogen and oxygen atoms in total. The van der Waals surface area contributed by atoms with Crippen molar-refractivity contribution in [2.45, 2.75) is 38.1 Å². The van der Waals surface area contributed by atoms with Crippen molar-refractivity contribution < 1.29 is 5.11 Å². The van der Waals surface area contributed by atoms with Crippen LogP contribution in [0, 0.1) is 0 Å². The van der Waals surface area contributed by atoms with Gasteiger partial charge in [-0.15, -0.1) is 0 Å². The minimum Gasteiger partial charge on any atom is -0.396 e. The van der Waals surface area contributed by atoms with E-state index in [1.165, 1.54) is 5.56 Å². The molecule has 0 saturated carbocycles. The van der Waals surface area contributed by atoms with Crippen molar-refractivity contribution in [3.8, 4) is 0 Å². The quantitative estimate of drug-likeness (QED) is 0.776. The fourth-order valence-electron chi connectivity index (χ4n) is 2.31. The molecule has 0 fully saturated rings.